The lowest BCUT2D eigenvalue weighted by Crippen LogP contribution is -2.59. The van der Waals surface area contributed by atoms with Crippen LogP contribution < -0.4 is 5.32 Å². The van der Waals surface area contributed by atoms with Crippen molar-refractivity contribution in [3.8, 4) is 0 Å². The SMILES string of the molecule is CC(=O)NC1=C2[C@H](F)[C@@H](O)[C@@H]3[C@H](CC[C@]4(C)C(=O)CC[C@@H]34)[C@@]2(C)C=CC1=O. The average molecular weight is 375 g/mol. The van der Waals surface area contributed by atoms with Crippen LogP contribution in [-0.4, -0.2) is 34.9 Å². The van der Waals surface area contributed by atoms with Crippen molar-refractivity contribution in [1.29, 1.82) is 0 Å². The van der Waals surface area contributed by atoms with E-state index in [1.807, 2.05) is 13.8 Å². The van der Waals surface area contributed by atoms with Gasteiger partial charge in [-0.05, 0) is 43.1 Å². The Morgan fingerprint density at radius 2 is 1.96 bits per heavy atom. The lowest BCUT2D eigenvalue weighted by atomic mass is 9.47. The lowest BCUT2D eigenvalue weighted by molar-refractivity contribution is -0.141. The molecule has 0 unspecified atom stereocenters. The number of ketones is 2. The first-order valence-electron chi connectivity index (χ1n) is 9.72. The Bertz CT molecular complexity index is 802. The first-order chi connectivity index (χ1) is 12.6. The summed E-state index contributed by atoms with van der Waals surface area (Å²) in [6.07, 6.45) is 2.67. The molecule has 0 spiro atoms. The highest BCUT2D eigenvalue weighted by Gasteiger charge is 2.64. The van der Waals surface area contributed by atoms with Gasteiger partial charge in [0.25, 0.3) is 0 Å². The van der Waals surface area contributed by atoms with Crippen molar-refractivity contribution in [2.45, 2.75) is 58.7 Å². The Morgan fingerprint density at radius 1 is 1.26 bits per heavy atom. The number of nitrogens with one attached hydrogen (secondary N) is 1. The van der Waals surface area contributed by atoms with Crippen LogP contribution >= 0.6 is 0 Å². The number of fused-ring (bicyclic) bond motifs is 5. The molecule has 1 amide bonds. The van der Waals surface area contributed by atoms with E-state index >= 15 is 4.39 Å². The minimum absolute atomic E-state index is 0.0340. The Hall–Kier alpha value is -1.82. The molecule has 4 rings (SSSR count). The van der Waals surface area contributed by atoms with Gasteiger partial charge in [0.2, 0.25) is 11.7 Å². The summed E-state index contributed by atoms with van der Waals surface area (Å²) >= 11 is 0. The number of aliphatic hydroxyl groups is 1. The van der Waals surface area contributed by atoms with Crippen LogP contribution in [0.5, 0.6) is 0 Å². The molecule has 27 heavy (non-hydrogen) atoms. The van der Waals surface area contributed by atoms with Gasteiger partial charge in [-0.25, -0.2) is 4.39 Å². The van der Waals surface area contributed by atoms with Crippen molar-refractivity contribution in [2.24, 2.45) is 28.6 Å². The molecule has 146 valence electrons. The van der Waals surface area contributed by atoms with Crippen LogP contribution in [0.25, 0.3) is 0 Å². The van der Waals surface area contributed by atoms with Crippen molar-refractivity contribution in [3.63, 3.8) is 0 Å². The van der Waals surface area contributed by atoms with Gasteiger partial charge in [0, 0.05) is 29.7 Å². The van der Waals surface area contributed by atoms with E-state index < -0.39 is 34.8 Å². The minimum atomic E-state index is -1.75. The van der Waals surface area contributed by atoms with Crippen LogP contribution in [0.3, 0.4) is 0 Å². The minimum Gasteiger partial charge on any atom is -0.389 e. The second kappa shape index (κ2) is 5.84. The number of amides is 1. The van der Waals surface area contributed by atoms with E-state index in [1.165, 1.54) is 13.0 Å². The maximum atomic E-state index is 15.6. The first kappa shape index (κ1) is 18.5. The summed E-state index contributed by atoms with van der Waals surface area (Å²) in [4.78, 5) is 36.4. The topological polar surface area (TPSA) is 83.5 Å². The highest BCUT2D eigenvalue weighted by Crippen LogP contribution is 2.64. The number of carbonyl (C=O) groups excluding carboxylic acids is 3. The molecule has 4 aliphatic carbocycles. The molecule has 2 N–H and O–H groups in total. The summed E-state index contributed by atoms with van der Waals surface area (Å²) < 4.78 is 15.6. The molecule has 0 bridgehead atoms. The summed E-state index contributed by atoms with van der Waals surface area (Å²) in [5, 5.41) is 13.4. The van der Waals surface area contributed by atoms with Crippen LogP contribution in [0, 0.1) is 28.6 Å². The van der Waals surface area contributed by atoms with Crippen molar-refractivity contribution in [1.82, 2.24) is 5.32 Å². The predicted molar refractivity (Wildman–Crippen MR) is 96.1 cm³/mol. The van der Waals surface area contributed by atoms with Crippen molar-refractivity contribution < 1.29 is 23.9 Å². The fraction of sp³-hybridized carbons (Fsp3) is 0.667. The standard InChI is InChI=1S/C21H26FNO4/c1-10(24)23-18-13(25)7-9-21(3)12-6-8-20(2)11(4-5-14(20)26)15(12)19(27)17(22)16(18)21/h7,9,11-12,15,17,19,27H,4-6,8H2,1-3H3,(H,23,24)/t11-,12-,15-,17-,19-,20-,21+/m0/s1. The molecule has 6 heteroatoms. The average Bonchev–Trinajstić information content (AvgIpc) is 2.90. The molecule has 0 saturated heterocycles. The number of alkyl halides is 1. The van der Waals surface area contributed by atoms with E-state index in [9.17, 15) is 19.5 Å². The summed E-state index contributed by atoms with van der Waals surface area (Å²) in [6.45, 7) is 5.13. The number of hydrogen-bond donors (Lipinski definition) is 2. The highest BCUT2D eigenvalue weighted by molar-refractivity contribution is 6.08. The Kier molecular flexibility index (Phi) is 4.01. The zero-order valence-corrected chi connectivity index (χ0v) is 15.9. The molecule has 0 heterocycles. The van der Waals surface area contributed by atoms with Crippen LogP contribution in [0.1, 0.15) is 46.5 Å². The fourth-order valence-corrected chi connectivity index (χ4v) is 6.40. The van der Waals surface area contributed by atoms with Crippen molar-refractivity contribution in [2.75, 3.05) is 0 Å². The lowest BCUT2D eigenvalue weighted by Gasteiger charge is -2.58. The third kappa shape index (κ3) is 2.35. The Balaban J connectivity index is 1.84. The molecule has 3 saturated carbocycles. The molecular weight excluding hydrogens is 349 g/mol. The van der Waals surface area contributed by atoms with Crippen LogP contribution in [0.2, 0.25) is 0 Å². The first-order valence-corrected chi connectivity index (χ1v) is 9.72. The molecule has 0 radical (unpaired) electrons. The van der Waals surface area contributed by atoms with Gasteiger partial charge < -0.3 is 10.4 Å². The van der Waals surface area contributed by atoms with E-state index in [4.69, 9.17) is 0 Å². The van der Waals surface area contributed by atoms with Crippen molar-refractivity contribution in [3.05, 3.63) is 23.4 Å². The predicted octanol–water partition coefficient (Wildman–Crippen LogP) is 2.25. The van der Waals surface area contributed by atoms with Crippen LogP contribution in [0.15, 0.2) is 23.4 Å². The van der Waals surface area contributed by atoms with Gasteiger partial charge in [0.05, 0.1) is 11.8 Å². The normalized spacial score (nSPS) is 46.0. The van der Waals surface area contributed by atoms with Gasteiger partial charge >= 0.3 is 0 Å². The molecule has 0 aromatic carbocycles. The number of Topliss-reactive ketones (excluding diaryl/α,β-unsaturated/α-hetero) is 1. The smallest absolute Gasteiger partial charge is 0.221 e. The second-order valence-electron chi connectivity index (χ2n) is 9.05. The zero-order chi connectivity index (χ0) is 19.7. The largest absolute Gasteiger partial charge is 0.389 e. The Morgan fingerprint density at radius 3 is 2.63 bits per heavy atom. The van der Waals surface area contributed by atoms with Crippen LogP contribution in [0.4, 0.5) is 4.39 Å². The maximum Gasteiger partial charge on any atom is 0.221 e. The Labute approximate surface area is 158 Å². The number of hydrogen-bond acceptors (Lipinski definition) is 4. The molecule has 5 nitrogen and oxygen atoms in total. The third-order valence-electron chi connectivity index (χ3n) is 7.76. The highest BCUT2D eigenvalue weighted by atomic mass is 19.1. The number of allylic oxidation sites excluding steroid dienone is 2. The van der Waals surface area contributed by atoms with E-state index in [-0.39, 0.29) is 34.8 Å². The monoisotopic (exact) mass is 375 g/mol. The number of carbonyl (C=O) groups is 3. The van der Waals surface area contributed by atoms with Gasteiger partial charge in [0.15, 0.2) is 6.17 Å². The van der Waals surface area contributed by atoms with Gasteiger partial charge in [-0.15, -0.1) is 0 Å². The molecule has 7 atom stereocenters. The number of rotatable bonds is 1. The molecule has 3 fully saturated rings. The summed E-state index contributed by atoms with van der Waals surface area (Å²) in [5.74, 6) is -1.13. The third-order valence-corrected chi connectivity index (χ3v) is 7.76. The zero-order valence-electron chi connectivity index (χ0n) is 15.9. The van der Waals surface area contributed by atoms with Gasteiger partial charge in [0.1, 0.15) is 5.78 Å². The van der Waals surface area contributed by atoms with Gasteiger partial charge in [-0.1, -0.05) is 19.9 Å². The van der Waals surface area contributed by atoms with E-state index in [2.05, 4.69) is 5.32 Å². The fourth-order valence-electron chi connectivity index (χ4n) is 6.40. The molecule has 4 aliphatic rings. The van der Waals surface area contributed by atoms with E-state index in [0.717, 1.165) is 0 Å². The summed E-state index contributed by atoms with van der Waals surface area (Å²) in [6, 6.07) is 0. The van der Waals surface area contributed by atoms with E-state index in [0.29, 0.717) is 25.7 Å². The number of aliphatic hydroxyl groups excluding tert-OH is 1. The maximum absolute atomic E-state index is 15.6. The van der Waals surface area contributed by atoms with Crippen LogP contribution in [-0.2, 0) is 14.4 Å². The van der Waals surface area contributed by atoms with E-state index in [1.54, 1.807) is 6.08 Å². The van der Waals surface area contributed by atoms with Gasteiger partial charge in [-0.2, -0.15) is 0 Å². The van der Waals surface area contributed by atoms with Gasteiger partial charge in [-0.3, -0.25) is 14.4 Å². The summed E-state index contributed by atoms with van der Waals surface area (Å²) in [7, 11) is 0. The quantitative estimate of drug-likeness (QED) is 0.736. The van der Waals surface area contributed by atoms with Crippen molar-refractivity contribution >= 4 is 17.5 Å². The molecular formula is C21H26FNO4. The molecule has 0 aliphatic heterocycles. The molecule has 0 aromatic heterocycles. The summed E-state index contributed by atoms with van der Waals surface area (Å²) in [5.41, 5.74) is -1.10. The number of halogens is 1. The molecule has 0 aromatic rings. The second-order valence-corrected chi connectivity index (χ2v) is 9.05.